The van der Waals surface area contributed by atoms with E-state index in [1.165, 1.54) is 4.88 Å². The van der Waals surface area contributed by atoms with Gasteiger partial charge >= 0.3 is 0 Å². The van der Waals surface area contributed by atoms with Crippen LogP contribution >= 0.6 is 23.1 Å². The average Bonchev–Trinajstić information content (AvgIpc) is 3.01. The largest absolute Gasteiger partial charge is 0.497 e. The van der Waals surface area contributed by atoms with Gasteiger partial charge in [-0.1, -0.05) is 24.8 Å². The number of hydrogen-bond acceptors (Lipinski definition) is 6. The number of aryl methyl sites for hydroxylation is 2. The van der Waals surface area contributed by atoms with E-state index >= 15 is 0 Å². The van der Waals surface area contributed by atoms with Crippen molar-refractivity contribution >= 4 is 33.3 Å². The smallest absolute Gasteiger partial charge is 0.267 e. The Kier molecular flexibility index (Phi) is 6.57. The van der Waals surface area contributed by atoms with Crippen LogP contribution in [-0.4, -0.2) is 36.1 Å². The molecule has 0 radical (unpaired) electrons. The Morgan fingerprint density at radius 2 is 2.11 bits per heavy atom. The van der Waals surface area contributed by atoms with E-state index in [-0.39, 0.29) is 5.56 Å². The van der Waals surface area contributed by atoms with Crippen LogP contribution in [0.15, 0.2) is 34.2 Å². The molecule has 0 atom stereocenters. The van der Waals surface area contributed by atoms with E-state index in [9.17, 15) is 4.79 Å². The highest BCUT2D eigenvalue weighted by Crippen LogP contribution is 2.31. The van der Waals surface area contributed by atoms with Crippen molar-refractivity contribution in [3.8, 4) is 11.4 Å². The summed E-state index contributed by atoms with van der Waals surface area (Å²) in [5, 5.41) is 1.43. The van der Waals surface area contributed by atoms with Crippen LogP contribution in [0.5, 0.6) is 5.75 Å². The highest BCUT2D eigenvalue weighted by atomic mass is 32.2. The summed E-state index contributed by atoms with van der Waals surface area (Å²) in [5.41, 5.74) is 1.80. The molecule has 0 bridgehead atoms. The van der Waals surface area contributed by atoms with Crippen LogP contribution in [0.3, 0.4) is 0 Å². The number of aromatic nitrogens is 2. The predicted molar refractivity (Wildman–Crippen MR) is 113 cm³/mol. The molecule has 3 rings (SSSR count). The van der Waals surface area contributed by atoms with Gasteiger partial charge in [-0.2, -0.15) is 0 Å². The zero-order chi connectivity index (χ0) is 19.4. The lowest BCUT2D eigenvalue weighted by Crippen LogP contribution is -2.21. The fourth-order valence-electron chi connectivity index (χ4n) is 2.99. The van der Waals surface area contributed by atoms with Crippen LogP contribution in [0, 0.1) is 6.92 Å². The van der Waals surface area contributed by atoms with Gasteiger partial charge in [0.05, 0.1) is 18.2 Å². The molecule has 0 saturated heterocycles. The molecule has 144 valence electrons. The highest BCUT2D eigenvalue weighted by molar-refractivity contribution is 7.99. The third-order valence-electron chi connectivity index (χ3n) is 4.39. The molecule has 0 aliphatic heterocycles. The Bertz CT molecular complexity index is 995. The standard InChI is InChI=1S/C20H24N2O3S2/c1-5-16-13(2)17-18(27-16)21-20(26-11-7-10-24-3)22(19(17)23)14-8-6-9-15(12-14)25-4/h6,8-9,12H,5,7,10-11H2,1-4H3. The molecule has 5 nitrogen and oxygen atoms in total. The zero-order valence-electron chi connectivity index (χ0n) is 16.1. The normalized spacial score (nSPS) is 11.3. The molecular formula is C20H24N2O3S2. The topological polar surface area (TPSA) is 53.4 Å². The molecule has 0 spiro atoms. The van der Waals surface area contributed by atoms with E-state index in [4.69, 9.17) is 14.5 Å². The Morgan fingerprint density at radius 1 is 1.30 bits per heavy atom. The lowest BCUT2D eigenvalue weighted by Gasteiger charge is -2.13. The summed E-state index contributed by atoms with van der Waals surface area (Å²) in [5.74, 6) is 1.55. The van der Waals surface area contributed by atoms with Crippen molar-refractivity contribution in [2.75, 3.05) is 26.6 Å². The first-order chi connectivity index (χ1) is 13.1. The van der Waals surface area contributed by atoms with E-state index in [0.717, 1.165) is 40.1 Å². The maximum Gasteiger partial charge on any atom is 0.267 e. The first kappa shape index (κ1) is 19.9. The number of rotatable bonds is 8. The molecule has 0 fully saturated rings. The van der Waals surface area contributed by atoms with Crippen molar-refractivity contribution in [2.45, 2.75) is 31.8 Å². The van der Waals surface area contributed by atoms with Gasteiger partial charge in [0.15, 0.2) is 5.16 Å². The van der Waals surface area contributed by atoms with Crippen LogP contribution < -0.4 is 10.3 Å². The Morgan fingerprint density at radius 3 is 2.81 bits per heavy atom. The fourth-order valence-corrected chi connectivity index (χ4v) is 5.07. The van der Waals surface area contributed by atoms with Gasteiger partial charge in [0.1, 0.15) is 10.6 Å². The molecule has 0 amide bonds. The van der Waals surface area contributed by atoms with Gasteiger partial charge in [-0.3, -0.25) is 9.36 Å². The van der Waals surface area contributed by atoms with Gasteiger partial charge in [0.25, 0.3) is 5.56 Å². The molecule has 0 aliphatic carbocycles. The number of ether oxygens (including phenoxy) is 2. The summed E-state index contributed by atoms with van der Waals surface area (Å²) in [4.78, 5) is 20.3. The van der Waals surface area contributed by atoms with Crippen LogP contribution in [-0.2, 0) is 11.2 Å². The second-order valence-electron chi connectivity index (χ2n) is 6.12. The van der Waals surface area contributed by atoms with Crippen LogP contribution in [0.2, 0.25) is 0 Å². The molecule has 7 heteroatoms. The number of benzene rings is 1. The minimum absolute atomic E-state index is 0.0176. The van der Waals surface area contributed by atoms with Crippen LogP contribution in [0.25, 0.3) is 15.9 Å². The predicted octanol–water partition coefficient (Wildman–Crippen LogP) is 4.46. The lowest BCUT2D eigenvalue weighted by atomic mass is 10.2. The molecular weight excluding hydrogens is 380 g/mol. The fraction of sp³-hybridized carbons (Fsp3) is 0.400. The van der Waals surface area contributed by atoms with Crippen molar-refractivity contribution in [2.24, 2.45) is 0 Å². The number of thiophene rings is 1. The SMILES string of the molecule is CCc1sc2nc(SCCCOC)n(-c3cccc(OC)c3)c(=O)c2c1C. The van der Waals surface area contributed by atoms with Crippen LogP contribution in [0.1, 0.15) is 23.8 Å². The van der Waals surface area contributed by atoms with Gasteiger partial charge in [0.2, 0.25) is 0 Å². The van der Waals surface area contributed by atoms with E-state index in [1.54, 1.807) is 41.9 Å². The molecule has 3 aromatic rings. The van der Waals surface area contributed by atoms with E-state index in [2.05, 4.69) is 6.92 Å². The molecule has 1 aromatic carbocycles. The van der Waals surface area contributed by atoms with E-state index in [1.807, 2.05) is 31.2 Å². The quantitative estimate of drug-likeness (QED) is 0.315. The van der Waals surface area contributed by atoms with Crippen molar-refractivity contribution in [3.63, 3.8) is 0 Å². The first-order valence-electron chi connectivity index (χ1n) is 8.91. The number of fused-ring (bicyclic) bond motifs is 1. The second-order valence-corrected chi connectivity index (χ2v) is 8.26. The average molecular weight is 405 g/mol. The number of hydrogen-bond donors (Lipinski definition) is 0. The molecule has 2 aromatic heterocycles. The second kappa shape index (κ2) is 8.91. The Labute approximate surface area is 167 Å². The summed E-state index contributed by atoms with van der Waals surface area (Å²) in [6.45, 7) is 4.82. The summed E-state index contributed by atoms with van der Waals surface area (Å²) < 4.78 is 12.2. The van der Waals surface area contributed by atoms with Gasteiger partial charge in [0, 0.05) is 30.4 Å². The molecule has 27 heavy (non-hydrogen) atoms. The summed E-state index contributed by atoms with van der Waals surface area (Å²) >= 11 is 3.21. The summed E-state index contributed by atoms with van der Waals surface area (Å²) in [6, 6.07) is 7.55. The van der Waals surface area contributed by atoms with Crippen molar-refractivity contribution in [1.29, 1.82) is 0 Å². The minimum Gasteiger partial charge on any atom is -0.497 e. The third kappa shape index (κ3) is 4.05. The maximum atomic E-state index is 13.4. The van der Waals surface area contributed by atoms with Crippen LogP contribution in [0.4, 0.5) is 0 Å². The Balaban J connectivity index is 2.18. The summed E-state index contributed by atoms with van der Waals surface area (Å²) in [7, 11) is 3.32. The number of thioether (sulfide) groups is 1. The molecule has 2 heterocycles. The molecule has 0 N–H and O–H groups in total. The Hall–Kier alpha value is -1.83. The van der Waals surface area contributed by atoms with E-state index in [0.29, 0.717) is 17.5 Å². The van der Waals surface area contributed by atoms with Gasteiger partial charge in [-0.15, -0.1) is 11.3 Å². The van der Waals surface area contributed by atoms with Crippen molar-refractivity contribution in [1.82, 2.24) is 9.55 Å². The summed E-state index contributed by atoms with van der Waals surface area (Å²) in [6.07, 6.45) is 1.80. The van der Waals surface area contributed by atoms with Crippen molar-refractivity contribution < 1.29 is 9.47 Å². The number of methoxy groups -OCH3 is 2. The van der Waals surface area contributed by atoms with Crippen molar-refractivity contribution in [3.05, 3.63) is 45.1 Å². The van der Waals surface area contributed by atoms with E-state index < -0.39 is 0 Å². The third-order valence-corrected chi connectivity index (χ3v) is 6.74. The van der Waals surface area contributed by atoms with Gasteiger partial charge in [-0.25, -0.2) is 4.98 Å². The molecule has 0 aliphatic rings. The minimum atomic E-state index is -0.0176. The zero-order valence-corrected chi connectivity index (χ0v) is 17.7. The lowest BCUT2D eigenvalue weighted by molar-refractivity contribution is 0.200. The molecule has 0 unspecified atom stereocenters. The maximum absolute atomic E-state index is 13.4. The first-order valence-corrected chi connectivity index (χ1v) is 10.7. The van der Waals surface area contributed by atoms with Gasteiger partial charge < -0.3 is 9.47 Å². The molecule has 0 saturated carbocycles. The number of nitrogens with zero attached hydrogens (tertiary/aromatic N) is 2. The highest BCUT2D eigenvalue weighted by Gasteiger charge is 2.19. The van der Waals surface area contributed by atoms with Gasteiger partial charge in [-0.05, 0) is 37.5 Å². The monoisotopic (exact) mass is 404 g/mol.